The molecule has 0 amide bonds. The summed E-state index contributed by atoms with van der Waals surface area (Å²) < 4.78 is 1.62. The molecule has 0 saturated carbocycles. The number of aromatic nitrogens is 3. The van der Waals surface area contributed by atoms with Crippen LogP contribution in [0.3, 0.4) is 0 Å². The second-order valence-corrected chi connectivity index (χ2v) is 2.95. The fourth-order valence-electron chi connectivity index (χ4n) is 1.21. The zero-order valence-electron chi connectivity index (χ0n) is 7.71. The molecule has 0 atom stereocenters. The van der Waals surface area contributed by atoms with Crippen LogP contribution in [0.1, 0.15) is 17.3 Å². The van der Waals surface area contributed by atoms with Crippen LogP contribution in [0.5, 0.6) is 0 Å². The summed E-state index contributed by atoms with van der Waals surface area (Å²) in [5.41, 5.74) is 1.52. The molecule has 0 fully saturated rings. The first-order valence-corrected chi connectivity index (χ1v) is 4.23. The third-order valence-corrected chi connectivity index (χ3v) is 1.94. The van der Waals surface area contributed by atoms with Crippen molar-refractivity contribution in [3.8, 4) is 5.69 Å². The summed E-state index contributed by atoms with van der Waals surface area (Å²) in [5, 5.41) is 3.98. The van der Waals surface area contributed by atoms with E-state index in [0.29, 0.717) is 5.56 Å². The Morgan fingerprint density at radius 1 is 1.43 bits per heavy atom. The second-order valence-electron chi connectivity index (χ2n) is 2.95. The molecule has 70 valence electrons. The molecule has 0 aliphatic heterocycles. The third-order valence-electron chi connectivity index (χ3n) is 1.94. The highest BCUT2D eigenvalue weighted by atomic mass is 16.1. The molecule has 0 aliphatic rings. The molecule has 1 aromatic heterocycles. The zero-order valence-corrected chi connectivity index (χ0v) is 7.71. The number of benzene rings is 1. The minimum Gasteiger partial charge on any atom is -0.295 e. The molecule has 0 bridgehead atoms. The highest BCUT2D eigenvalue weighted by Crippen LogP contribution is 2.09. The summed E-state index contributed by atoms with van der Waals surface area (Å²) in [5.74, 6) is 0.0481. The molecule has 1 aromatic carbocycles. The van der Waals surface area contributed by atoms with E-state index in [1.54, 1.807) is 30.1 Å². The van der Waals surface area contributed by atoms with Crippen molar-refractivity contribution >= 4 is 5.78 Å². The van der Waals surface area contributed by atoms with E-state index in [1.807, 2.05) is 12.1 Å². The number of nitrogens with zero attached hydrogens (tertiary/aromatic N) is 3. The second kappa shape index (κ2) is 3.41. The van der Waals surface area contributed by atoms with E-state index < -0.39 is 0 Å². The summed E-state index contributed by atoms with van der Waals surface area (Å²) in [7, 11) is 0. The van der Waals surface area contributed by atoms with Gasteiger partial charge in [0.15, 0.2) is 5.78 Å². The Morgan fingerprint density at radius 3 is 2.93 bits per heavy atom. The minimum atomic E-state index is 0.0481. The topological polar surface area (TPSA) is 47.8 Å². The van der Waals surface area contributed by atoms with Crippen molar-refractivity contribution in [3.05, 3.63) is 42.5 Å². The summed E-state index contributed by atoms with van der Waals surface area (Å²) in [6.07, 6.45) is 3.06. The van der Waals surface area contributed by atoms with Crippen LogP contribution < -0.4 is 0 Å². The van der Waals surface area contributed by atoms with E-state index >= 15 is 0 Å². The molecule has 0 radical (unpaired) electrons. The lowest BCUT2D eigenvalue weighted by Crippen LogP contribution is -1.97. The Balaban J connectivity index is 2.46. The number of carbonyl (C=O) groups is 1. The number of rotatable bonds is 2. The quantitative estimate of drug-likeness (QED) is 0.669. The maximum atomic E-state index is 11.1. The highest BCUT2D eigenvalue weighted by Gasteiger charge is 2.01. The van der Waals surface area contributed by atoms with E-state index in [0.717, 1.165) is 5.69 Å². The van der Waals surface area contributed by atoms with Crippen LogP contribution in [0.4, 0.5) is 0 Å². The maximum Gasteiger partial charge on any atom is 0.159 e. The number of Topliss-reactive ketones (excluding diaryl/α,β-unsaturated/α-hetero) is 1. The van der Waals surface area contributed by atoms with Crippen LogP contribution in [0.2, 0.25) is 0 Å². The molecule has 0 spiro atoms. The maximum absolute atomic E-state index is 11.1. The molecule has 14 heavy (non-hydrogen) atoms. The van der Waals surface area contributed by atoms with Crippen LogP contribution in [-0.4, -0.2) is 20.5 Å². The van der Waals surface area contributed by atoms with Crippen LogP contribution in [0.25, 0.3) is 5.69 Å². The Bertz CT molecular complexity index is 448. The molecule has 1 heterocycles. The Labute approximate surface area is 81.2 Å². The minimum absolute atomic E-state index is 0.0481. The van der Waals surface area contributed by atoms with Gasteiger partial charge in [0, 0.05) is 5.56 Å². The van der Waals surface area contributed by atoms with Crippen molar-refractivity contribution in [1.82, 2.24) is 14.8 Å². The first-order chi connectivity index (χ1) is 6.77. The Morgan fingerprint density at radius 2 is 2.29 bits per heavy atom. The van der Waals surface area contributed by atoms with Gasteiger partial charge in [0.25, 0.3) is 0 Å². The molecule has 0 unspecified atom stereocenters. The van der Waals surface area contributed by atoms with Gasteiger partial charge >= 0.3 is 0 Å². The van der Waals surface area contributed by atoms with E-state index in [9.17, 15) is 4.79 Å². The third kappa shape index (κ3) is 1.54. The van der Waals surface area contributed by atoms with Gasteiger partial charge in [-0.05, 0) is 19.1 Å². The zero-order chi connectivity index (χ0) is 9.97. The van der Waals surface area contributed by atoms with Crippen molar-refractivity contribution in [1.29, 1.82) is 0 Å². The van der Waals surface area contributed by atoms with Crippen LogP contribution in [0, 0.1) is 0 Å². The van der Waals surface area contributed by atoms with Gasteiger partial charge in [-0.3, -0.25) is 4.79 Å². The number of carbonyl (C=O) groups excluding carboxylic acids is 1. The van der Waals surface area contributed by atoms with Crippen LogP contribution in [0.15, 0.2) is 36.9 Å². The van der Waals surface area contributed by atoms with Crippen LogP contribution >= 0.6 is 0 Å². The molecule has 0 saturated heterocycles. The van der Waals surface area contributed by atoms with Crippen molar-refractivity contribution in [2.75, 3.05) is 0 Å². The smallest absolute Gasteiger partial charge is 0.159 e. The molecule has 2 rings (SSSR count). The molecule has 0 aliphatic carbocycles. The van der Waals surface area contributed by atoms with Gasteiger partial charge in [0.05, 0.1) is 5.69 Å². The van der Waals surface area contributed by atoms with Gasteiger partial charge in [-0.2, -0.15) is 5.10 Å². The first-order valence-electron chi connectivity index (χ1n) is 4.23. The summed E-state index contributed by atoms with van der Waals surface area (Å²) >= 11 is 0. The standard InChI is InChI=1S/C10H9N3O/c1-8(14)9-3-2-4-10(5-9)13-7-11-6-12-13/h2-7H,1H3. The van der Waals surface area contributed by atoms with Gasteiger partial charge in [0.2, 0.25) is 0 Å². The van der Waals surface area contributed by atoms with E-state index in [-0.39, 0.29) is 5.78 Å². The molecule has 2 aromatic rings. The SMILES string of the molecule is CC(=O)c1cccc(-n2cncn2)c1. The van der Waals surface area contributed by atoms with Crippen molar-refractivity contribution in [2.45, 2.75) is 6.92 Å². The predicted octanol–water partition coefficient (Wildman–Crippen LogP) is 1.47. The molecular weight excluding hydrogens is 178 g/mol. The van der Waals surface area contributed by atoms with Crippen LogP contribution in [-0.2, 0) is 0 Å². The molecule has 4 nitrogen and oxygen atoms in total. The summed E-state index contributed by atoms with van der Waals surface area (Å²) in [6.45, 7) is 1.54. The Hall–Kier alpha value is -1.97. The van der Waals surface area contributed by atoms with Crippen molar-refractivity contribution in [2.24, 2.45) is 0 Å². The van der Waals surface area contributed by atoms with Crippen molar-refractivity contribution < 1.29 is 4.79 Å². The lowest BCUT2D eigenvalue weighted by atomic mass is 10.1. The van der Waals surface area contributed by atoms with E-state index in [4.69, 9.17) is 0 Å². The fraction of sp³-hybridized carbons (Fsp3) is 0.100. The number of hydrogen-bond donors (Lipinski definition) is 0. The lowest BCUT2D eigenvalue weighted by molar-refractivity contribution is 0.101. The van der Waals surface area contributed by atoms with E-state index in [2.05, 4.69) is 10.1 Å². The summed E-state index contributed by atoms with van der Waals surface area (Å²) in [4.78, 5) is 15.0. The highest BCUT2D eigenvalue weighted by molar-refractivity contribution is 5.94. The first kappa shape index (κ1) is 8.62. The lowest BCUT2D eigenvalue weighted by Gasteiger charge is -2.01. The molecule has 4 heteroatoms. The van der Waals surface area contributed by atoms with E-state index in [1.165, 1.54) is 6.33 Å². The van der Waals surface area contributed by atoms with Gasteiger partial charge in [-0.1, -0.05) is 12.1 Å². The van der Waals surface area contributed by atoms with Gasteiger partial charge < -0.3 is 0 Å². The molecule has 0 N–H and O–H groups in total. The largest absolute Gasteiger partial charge is 0.295 e. The summed E-state index contributed by atoms with van der Waals surface area (Å²) in [6, 6.07) is 7.27. The predicted molar refractivity (Wildman–Crippen MR) is 51.4 cm³/mol. The van der Waals surface area contributed by atoms with Crippen molar-refractivity contribution in [3.63, 3.8) is 0 Å². The monoisotopic (exact) mass is 187 g/mol. The average Bonchev–Trinajstić information content (AvgIpc) is 2.71. The number of ketones is 1. The van der Waals surface area contributed by atoms with Gasteiger partial charge in [-0.25, -0.2) is 9.67 Å². The average molecular weight is 187 g/mol. The number of hydrogen-bond acceptors (Lipinski definition) is 3. The fourth-order valence-corrected chi connectivity index (χ4v) is 1.21. The van der Waals surface area contributed by atoms with Gasteiger partial charge in [-0.15, -0.1) is 0 Å². The normalized spacial score (nSPS) is 10.1. The van der Waals surface area contributed by atoms with Gasteiger partial charge in [0.1, 0.15) is 12.7 Å². The Kier molecular flexibility index (Phi) is 2.10. The molecular formula is C10H9N3O.